The lowest BCUT2D eigenvalue weighted by Gasteiger charge is -2.13. The molecule has 0 heterocycles. The normalized spacial score (nSPS) is 12.4. The van der Waals surface area contributed by atoms with E-state index >= 15 is 0 Å². The highest BCUT2D eigenvalue weighted by atomic mass is 35.5. The molecule has 0 saturated heterocycles. The average molecular weight is 269 g/mol. The summed E-state index contributed by atoms with van der Waals surface area (Å²) < 4.78 is 0. The number of aromatic hydroxyl groups is 1. The van der Waals surface area contributed by atoms with E-state index in [0.717, 1.165) is 24.8 Å². The Hall–Kier alpha value is -1.02. The first-order valence-electron chi connectivity index (χ1n) is 6.54. The van der Waals surface area contributed by atoms with Crippen LogP contribution in [0.15, 0.2) is 12.1 Å². The molecule has 0 radical (unpaired) electrons. The molecule has 0 amide bonds. The van der Waals surface area contributed by atoms with Gasteiger partial charge < -0.3 is 5.11 Å². The van der Waals surface area contributed by atoms with E-state index in [2.05, 4.69) is 13.8 Å². The quantitative estimate of drug-likeness (QED) is 0.765. The first-order chi connectivity index (χ1) is 8.49. The van der Waals surface area contributed by atoms with Crippen molar-refractivity contribution < 1.29 is 9.90 Å². The van der Waals surface area contributed by atoms with Crippen LogP contribution in [0, 0.1) is 5.92 Å². The van der Waals surface area contributed by atoms with Gasteiger partial charge in [-0.2, -0.15) is 0 Å². The van der Waals surface area contributed by atoms with Gasteiger partial charge in [0.05, 0.1) is 5.56 Å². The van der Waals surface area contributed by atoms with Gasteiger partial charge in [-0.15, -0.1) is 0 Å². The Morgan fingerprint density at radius 2 is 2.06 bits per heavy atom. The van der Waals surface area contributed by atoms with Crippen LogP contribution in [0.3, 0.4) is 0 Å². The van der Waals surface area contributed by atoms with Crippen molar-refractivity contribution in [2.45, 2.75) is 46.5 Å². The molecule has 0 aliphatic heterocycles. The Balaban J connectivity index is 3.09. The third-order valence-corrected chi connectivity index (χ3v) is 3.41. The lowest BCUT2D eigenvalue weighted by atomic mass is 9.95. The van der Waals surface area contributed by atoms with Crippen LogP contribution in [0.1, 0.15) is 56.0 Å². The molecule has 1 aromatic rings. The minimum absolute atomic E-state index is 0.0390. The van der Waals surface area contributed by atoms with Gasteiger partial charge in [0.1, 0.15) is 5.75 Å². The number of phenolic OH excluding ortho intramolecular Hbond substituents is 1. The van der Waals surface area contributed by atoms with Crippen LogP contribution in [0.25, 0.3) is 0 Å². The Morgan fingerprint density at radius 1 is 1.39 bits per heavy atom. The Labute approximate surface area is 114 Å². The van der Waals surface area contributed by atoms with Gasteiger partial charge >= 0.3 is 0 Å². The lowest BCUT2D eigenvalue weighted by Crippen LogP contribution is -2.04. The molecule has 0 fully saturated rings. The fraction of sp³-hybridized carbons (Fsp3) is 0.533. The number of carbonyl (C=O) groups excluding carboxylic acids is 1. The number of rotatable bonds is 6. The third kappa shape index (κ3) is 3.74. The smallest absolute Gasteiger partial charge is 0.166 e. The summed E-state index contributed by atoms with van der Waals surface area (Å²) in [5.74, 6) is 0.532. The molecule has 100 valence electrons. The third-order valence-electron chi connectivity index (χ3n) is 3.20. The molecule has 1 unspecified atom stereocenters. The van der Waals surface area contributed by atoms with Crippen molar-refractivity contribution in [1.29, 1.82) is 0 Å². The maximum absolute atomic E-state index is 11.9. The fourth-order valence-corrected chi connectivity index (χ4v) is 2.15. The van der Waals surface area contributed by atoms with Crippen molar-refractivity contribution >= 4 is 17.4 Å². The summed E-state index contributed by atoms with van der Waals surface area (Å²) in [5, 5.41) is 10.7. The highest BCUT2D eigenvalue weighted by molar-refractivity contribution is 6.31. The number of phenols is 1. The summed E-state index contributed by atoms with van der Waals surface area (Å²) in [4.78, 5) is 11.9. The van der Waals surface area contributed by atoms with Crippen molar-refractivity contribution in [3.63, 3.8) is 0 Å². The monoisotopic (exact) mass is 268 g/mol. The minimum atomic E-state index is -0.0390. The van der Waals surface area contributed by atoms with Crippen molar-refractivity contribution in [1.82, 2.24) is 0 Å². The number of hydrogen-bond acceptors (Lipinski definition) is 2. The van der Waals surface area contributed by atoms with Gasteiger partial charge in [-0.3, -0.25) is 4.79 Å². The van der Waals surface area contributed by atoms with E-state index in [4.69, 9.17) is 11.6 Å². The van der Waals surface area contributed by atoms with Crippen LogP contribution in [0.5, 0.6) is 5.75 Å². The van der Waals surface area contributed by atoms with Crippen molar-refractivity contribution in [3.05, 3.63) is 28.3 Å². The highest BCUT2D eigenvalue weighted by Crippen LogP contribution is 2.30. The number of hydrogen-bond donors (Lipinski definition) is 1. The number of halogens is 1. The zero-order valence-electron chi connectivity index (χ0n) is 11.3. The topological polar surface area (TPSA) is 37.3 Å². The van der Waals surface area contributed by atoms with Crippen LogP contribution in [0.4, 0.5) is 0 Å². The average Bonchev–Trinajstić information content (AvgIpc) is 2.33. The van der Waals surface area contributed by atoms with Gasteiger partial charge in [0.25, 0.3) is 0 Å². The van der Waals surface area contributed by atoms with Gasteiger partial charge in [0, 0.05) is 11.4 Å². The molecule has 0 spiro atoms. The molecule has 2 nitrogen and oxygen atoms in total. The Kier molecular flexibility index (Phi) is 5.67. The first-order valence-corrected chi connectivity index (χ1v) is 6.91. The maximum Gasteiger partial charge on any atom is 0.166 e. The first kappa shape index (κ1) is 15.0. The van der Waals surface area contributed by atoms with E-state index in [-0.39, 0.29) is 11.5 Å². The summed E-state index contributed by atoms with van der Waals surface area (Å²) in [7, 11) is 0. The van der Waals surface area contributed by atoms with Gasteiger partial charge in [0.2, 0.25) is 0 Å². The predicted molar refractivity (Wildman–Crippen MR) is 75.5 cm³/mol. The fourth-order valence-electron chi connectivity index (χ4n) is 1.91. The predicted octanol–water partition coefficient (Wildman–Crippen LogP) is 4.62. The molecule has 0 aliphatic rings. The molecule has 1 N–H and O–H groups in total. The number of benzene rings is 1. The van der Waals surface area contributed by atoms with Gasteiger partial charge in [-0.1, -0.05) is 38.8 Å². The zero-order valence-corrected chi connectivity index (χ0v) is 12.0. The molecular weight excluding hydrogens is 248 g/mol. The molecule has 0 aliphatic carbocycles. The summed E-state index contributed by atoms with van der Waals surface area (Å²) in [6, 6.07) is 3.32. The lowest BCUT2D eigenvalue weighted by molar-refractivity contribution is 0.0979. The highest BCUT2D eigenvalue weighted by Gasteiger charge is 2.16. The van der Waals surface area contributed by atoms with E-state index in [1.54, 1.807) is 12.1 Å². The van der Waals surface area contributed by atoms with Gasteiger partial charge in [-0.05, 0) is 36.5 Å². The van der Waals surface area contributed by atoms with Crippen LogP contribution in [0.2, 0.25) is 5.02 Å². The maximum atomic E-state index is 11.9. The van der Waals surface area contributed by atoms with E-state index in [0.29, 0.717) is 22.9 Å². The van der Waals surface area contributed by atoms with E-state index in [1.807, 2.05) is 6.92 Å². The molecule has 1 atom stereocenters. The molecule has 1 rings (SSSR count). The van der Waals surface area contributed by atoms with Crippen LogP contribution < -0.4 is 0 Å². The SMILES string of the molecule is CCCC(=O)c1cc(Cl)cc(CC(C)CC)c1O. The molecule has 18 heavy (non-hydrogen) atoms. The minimum Gasteiger partial charge on any atom is -0.507 e. The Morgan fingerprint density at radius 3 is 2.61 bits per heavy atom. The zero-order chi connectivity index (χ0) is 13.7. The largest absolute Gasteiger partial charge is 0.507 e. The second-order valence-corrected chi connectivity index (χ2v) is 5.29. The number of Topliss-reactive ketones (excluding diaryl/α,β-unsaturated/α-hetero) is 1. The molecule has 3 heteroatoms. The summed E-state index contributed by atoms with van der Waals surface area (Å²) in [5.41, 5.74) is 1.14. The standard InChI is InChI=1S/C15H21ClO2/c1-4-6-14(17)13-9-12(16)8-11(15(13)18)7-10(3)5-2/h8-10,18H,4-7H2,1-3H3. The molecule has 0 saturated carbocycles. The molecule has 0 bridgehead atoms. The summed E-state index contributed by atoms with van der Waals surface area (Å²) >= 11 is 6.03. The van der Waals surface area contributed by atoms with Crippen LogP contribution in [-0.4, -0.2) is 10.9 Å². The Bertz CT molecular complexity index is 427. The van der Waals surface area contributed by atoms with Crippen LogP contribution in [-0.2, 0) is 6.42 Å². The van der Waals surface area contributed by atoms with Gasteiger partial charge in [0.15, 0.2) is 5.78 Å². The second kappa shape index (κ2) is 6.79. The van der Waals surface area contributed by atoms with Crippen molar-refractivity contribution in [2.24, 2.45) is 5.92 Å². The molecule has 1 aromatic carbocycles. The second-order valence-electron chi connectivity index (χ2n) is 4.85. The van der Waals surface area contributed by atoms with Gasteiger partial charge in [-0.25, -0.2) is 0 Å². The summed E-state index contributed by atoms with van der Waals surface area (Å²) in [6.45, 7) is 6.17. The molecular formula is C15H21ClO2. The van der Waals surface area contributed by atoms with Crippen LogP contribution >= 0.6 is 11.6 Å². The van der Waals surface area contributed by atoms with E-state index in [9.17, 15) is 9.90 Å². The number of ketones is 1. The van der Waals surface area contributed by atoms with Crippen molar-refractivity contribution in [3.8, 4) is 5.75 Å². The summed E-state index contributed by atoms with van der Waals surface area (Å²) in [6.07, 6.45) is 2.99. The van der Waals surface area contributed by atoms with Crippen molar-refractivity contribution in [2.75, 3.05) is 0 Å². The number of carbonyl (C=O) groups is 1. The van der Waals surface area contributed by atoms with E-state index in [1.165, 1.54) is 0 Å². The molecule has 0 aromatic heterocycles. The van der Waals surface area contributed by atoms with E-state index < -0.39 is 0 Å².